The van der Waals surface area contributed by atoms with Crippen LogP contribution in [0.5, 0.6) is 0 Å². The van der Waals surface area contributed by atoms with Crippen molar-refractivity contribution in [2.75, 3.05) is 6.54 Å². The Morgan fingerprint density at radius 2 is 1.70 bits per heavy atom. The Morgan fingerprint density at radius 3 is 2.46 bits per heavy atom. The number of benzene rings is 2. The number of amides is 2. The van der Waals surface area contributed by atoms with Crippen molar-refractivity contribution in [3.05, 3.63) is 66.0 Å². The molecule has 6 heteroatoms. The lowest BCUT2D eigenvalue weighted by Gasteiger charge is -2.27. The van der Waals surface area contributed by atoms with Crippen LogP contribution in [0, 0.1) is 5.92 Å². The van der Waals surface area contributed by atoms with E-state index < -0.39 is 0 Å². The van der Waals surface area contributed by atoms with E-state index in [1.807, 2.05) is 41.3 Å². The van der Waals surface area contributed by atoms with Gasteiger partial charge in [0.05, 0.1) is 11.0 Å². The highest BCUT2D eigenvalue weighted by Crippen LogP contribution is 2.23. The average molecular weight is 503 g/mol. The molecule has 0 unspecified atom stereocenters. The summed E-state index contributed by atoms with van der Waals surface area (Å²) in [6, 6.07) is 18.3. The van der Waals surface area contributed by atoms with E-state index in [1.165, 1.54) is 19.3 Å². The van der Waals surface area contributed by atoms with Gasteiger partial charge in [-0.15, -0.1) is 0 Å². The molecule has 1 heterocycles. The first-order chi connectivity index (χ1) is 18.0. The maximum atomic E-state index is 13.5. The molecule has 1 aliphatic carbocycles. The van der Waals surface area contributed by atoms with Gasteiger partial charge in [0.1, 0.15) is 12.4 Å². The van der Waals surface area contributed by atoms with Crippen molar-refractivity contribution >= 4 is 22.8 Å². The van der Waals surface area contributed by atoms with Crippen LogP contribution in [-0.2, 0) is 29.1 Å². The Bertz CT molecular complexity index is 1150. The van der Waals surface area contributed by atoms with E-state index >= 15 is 0 Å². The number of aromatic nitrogens is 2. The average Bonchev–Trinajstić information content (AvgIpc) is 3.27. The molecule has 0 spiro atoms. The van der Waals surface area contributed by atoms with Crippen LogP contribution < -0.4 is 5.32 Å². The molecule has 0 bridgehead atoms. The molecule has 0 saturated heterocycles. The molecule has 1 fully saturated rings. The summed E-state index contributed by atoms with van der Waals surface area (Å²) in [6.07, 6.45) is 9.51. The summed E-state index contributed by atoms with van der Waals surface area (Å²) < 4.78 is 2.10. The first kappa shape index (κ1) is 26.9. The van der Waals surface area contributed by atoms with Crippen LogP contribution in [-0.4, -0.2) is 38.9 Å². The van der Waals surface area contributed by atoms with Gasteiger partial charge < -0.3 is 14.8 Å². The third kappa shape index (κ3) is 7.43. The largest absolute Gasteiger partial charge is 0.356 e. The highest BCUT2D eigenvalue weighted by Gasteiger charge is 2.22. The zero-order chi connectivity index (χ0) is 26.0. The number of hydrogen-bond donors (Lipinski definition) is 1. The molecule has 0 aliphatic heterocycles. The van der Waals surface area contributed by atoms with Crippen LogP contribution in [0.3, 0.4) is 0 Å². The maximum Gasteiger partial charge on any atom is 0.243 e. The Balaban J connectivity index is 1.34. The normalized spacial score (nSPS) is 14.2. The smallest absolute Gasteiger partial charge is 0.243 e. The molecule has 1 aromatic heterocycles. The fourth-order valence-corrected chi connectivity index (χ4v) is 5.36. The minimum absolute atomic E-state index is 0.105. The summed E-state index contributed by atoms with van der Waals surface area (Å²) in [5.74, 6) is 1.53. The quantitative estimate of drug-likeness (QED) is 0.314. The van der Waals surface area contributed by atoms with Crippen molar-refractivity contribution in [1.29, 1.82) is 0 Å². The molecule has 2 amide bonds. The minimum atomic E-state index is 0.105. The van der Waals surface area contributed by atoms with E-state index in [1.54, 1.807) is 0 Å². The summed E-state index contributed by atoms with van der Waals surface area (Å²) >= 11 is 0. The fourth-order valence-electron chi connectivity index (χ4n) is 5.36. The van der Waals surface area contributed by atoms with E-state index in [0.717, 1.165) is 67.5 Å². The van der Waals surface area contributed by atoms with E-state index in [9.17, 15) is 9.59 Å². The van der Waals surface area contributed by atoms with E-state index in [-0.39, 0.29) is 30.3 Å². The van der Waals surface area contributed by atoms with Crippen molar-refractivity contribution in [2.45, 2.75) is 90.8 Å². The zero-order valence-corrected chi connectivity index (χ0v) is 22.5. The standard InChI is InChI=1S/C31H42N4O2/c1-24(2)34(22-25-14-6-3-7-15-25)30(36)23-35-28-19-12-11-18-27(28)33-29(35)20-10-5-13-21-32-31(37)26-16-8-4-9-17-26/h3,6-7,11-12,14-15,18-19,24,26H,4-5,8-10,13,16-17,20-23H2,1-2H3,(H,32,37). The predicted molar refractivity (Wildman–Crippen MR) is 149 cm³/mol. The fraction of sp³-hybridized carbons (Fsp3) is 0.516. The topological polar surface area (TPSA) is 67.2 Å². The van der Waals surface area contributed by atoms with Crippen LogP contribution >= 0.6 is 0 Å². The van der Waals surface area contributed by atoms with Gasteiger partial charge in [-0.05, 0) is 57.2 Å². The van der Waals surface area contributed by atoms with Crippen molar-refractivity contribution in [2.24, 2.45) is 5.92 Å². The number of rotatable bonds is 12. The molecule has 6 nitrogen and oxygen atoms in total. The van der Waals surface area contributed by atoms with Crippen molar-refractivity contribution < 1.29 is 9.59 Å². The Labute approximate surface area is 221 Å². The highest BCUT2D eigenvalue weighted by molar-refractivity contribution is 5.81. The zero-order valence-electron chi connectivity index (χ0n) is 22.5. The summed E-state index contributed by atoms with van der Waals surface area (Å²) in [6.45, 7) is 5.78. The van der Waals surface area contributed by atoms with E-state index in [4.69, 9.17) is 4.98 Å². The molecule has 4 rings (SSSR count). The number of para-hydroxylation sites is 2. The molecule has 37 heavy (non-hydrogen) atoms. The molecule has 2 aromatic carbocycles. The summed E-state index contributed by atoms with van der Waals surface area (Å²) in [4.78, 5) is 32.7. The number of aryl methyl sites for hydroxylation is 1. The van der Waals surface area contributed by atoms with Gasteiger partial charge in [-0.1, -0.05) is 68.1 Å². The Hall–Kier alpha value is -3.15. The molecule has 0 atom stereocenters. The monoisotopic (exact) mass is 502 g/mol. The molecule has 3 aromatic rings. The van der Waals surface area contributed by atoms with Gasteiger partial charge >= 0.3 is 0 Å². The first-order valence-corrected chi connectivity index (χ1v) is 14.1. The molecule has 198 valence electrons. The van der Waals surface area contributed by atoms with Gasteiger partial charge in [0.2, 0.25) is 11.8 Å². The van der Waals surface area contributed by atoms with E-state index in [0.29, 0.717) is 6.54 Å². The Kier molecular flexibility index (Phi) is 9.75. The predicted octanol–water partition coefficient (Wildman–Crippen LogP) is 5.88. The maximum absolute atomic E-state index is 13.5. The van der Waals surface area contributed by atoms with Crippen LogP contribution in [0.1, 0.15) is 76.6 Å². The van der Waals surface area contributed by atoms with Crippen molar-refractivity contribution in [1.82, 2.24) is 19.8 Å². The number of carbonyl (C=O) groups is 2. The summed E-state index contributed by atoms with van der Waals surface area (Å²) in [7, 11) is 0. The summed E-state index contributed by atoms with van der Waals surface area (Å²) in [5.41, 5.74) is 3.08. The van der Waals surface area contributed by atoms with Crippen LogP contribution in [0.25, 0.3) is 11.0 Å². The van der Waals surface area contributed by atoms with Gasteiger partial charge in [-0.2, -0.15) is 0 Å². The molecule has 1 saturated carbocycles. The summed E-state index contributed by atoms with van der Waals surface area (Å²) in [5, 5.41) is 3.14. The SMILES string of the molecule is CC(C)N(Cc1ccccc1)C(=O)Cn1c(CCCCCNC(=O)C2CCCCC2)nc2ccccc21. The lowest BCUT2D eigenvalue weighted by molar-refractivity contribution is -0.134. The third-order valence-corrected chi connectivity index (χ3v) is 7.52. The van der Waals surface area contributed by atoms with Gasteiger partial charge in [0.25, 0.3) is 0 Å². The minimum Gasteiger partial charge on any atom is -0.356 e. The molecule has 1 N–H and O–H groups in total. The Morgan fingerprint density at radius 1 is 0.973 bits per heavy atom. The van der Waals surface area contributed by atoms with Gasteiger partial charge in [-0.25, -0.2) is 4.98 Å². The second kappa shape index (κ2) is 13.4. The molecule has 0 radical (unpaired) electrons. The van der Waals surface area contributed by atoms with Crippen LogP contribution in [0.4, 0.5) is 0 Å². The molecular weight excluding hydrogens is 460 g/mol. The van der Waals surface area contributed by atoms with Crippen molar-refractivity contribution in [3.63, 3.8) is 0 Å². The number of nitrogens with zero attached hydrogens (tertiary/aromatic N) is 3. The lowest BCUT2D eigenvalue weighted by Crippen LogP contribution is -2.38. The van der Waals surface area contributed by atoms with Gasteiger partial charge in [0, 0.05) is 31.5 Å². The molecular formula is C31H42N4O2. The third-order valence-electron chi connectivity index (χ3n) is 7.52. The van der Waals surface area contributed by atoms with Crippen molar-refractivity contribution in [3.8, 4) is 0 Å². The molecule has 1 aliphatic rings. The number of unbranched alkanes of at least 4 members (excludes halogenated alkanes) is 2. The number of carbonyl (C=O) groups excluding carboxylic acids is 2. The second-order valence-corrected chi connectivity index (χ2v) is 10.6. The lowest BCUT2D eigenvalue weighted by atomic mass is 9.89. The highest BCUT2D eigenvalue weighted by atomic mass is 16.2. The van der Waals surface area contributed by atoms with Gasteiger partial charge in [0.15, 0.2) is 0 Å². The first-order valence-electron chi connectivity index (χ1n) is 14.1. The number of imidazole rings is 1. The van der Waals surface area contributed by atoms with Crippen LogP contribution in [0.15, 0.2) is 54.6 Å². The number of nitrogens with one attached hydrogen (secondary N) is 1. The van der Waals surface area contributed by atoms with Crippen LogP contribution in [0.2, 0.25) is 0 Å². The number of fused-ring (bicyclic) bond motifs is 1. The second-order valence-electron chi connectivity index (χ2n) is 10.6. The van der Waals surface area contributed by atoms with E-state index in [2.05, 4.69) is 41.9 Å². The van der Waals surface area contributed by atoms with Gasteiger partial charge in [-0.3, -0.25) is 9.59 Å². The number of hydrogen-bond acceptors (Lipinski definition) is 3.